The van der Waals surface area contributed by atoms with Gasteiger partial charge in [-0.25, -0.2) is 0 Å². The van der Waals surface area contributed by atoms with Crippen LogP contribution >= 0.6 is 0 Å². The van der Waals surface area contributed by atoms with Crippen LogP contribution in [0, 0.1) is 5.41 Å². The van der Waals surface area contributed by atoms with E-state index in [0.717, 1.165) is 6.42 Å². The highest BCUT2D eigenvalue weighted by molar-refractivity contribution is 5.27. The van der Waals surface area contributed by atoms with Gasteiger partial charge in [-0.15, -0.1) is 0 Å². The zero-order valence-corrected chi connectivity index (χ0v) is 11.4. The Kier molecular flexibility index (Phi) is 2.39. The molecule has 2 aliphatic carbocycles. The Labute approximate surface area is 104 Å². The summed E-state index contributed by atoms with van der Waals surface area (Å²) in [7, 11) is 2.14. The molecule has 1 heterocycles. The predicted molar refractivity (Wildman–Crippen MR) is 70.1 cm³/mol. The molecule has 2 fully saturated rings. The molecule has 2 aliphatic rings. The van der Waals surface area contributed by atoms with Crippen LogP contribution in [0.5, 0.6) is 0 Å². The maximum Gasteiger partial charge on any atom is 0.0627 e. The minimum atomic E-state index is 0.475. The lowest BCUT2D eigenvalue weighted by Gasteiger charge is -2.26. The topological polar surface area (TPSA) is 17.8 Å². The normalized spacial score (nSPS) is 35.7. The van der Waals surface area contributed by atoms with Gasteiger partial charge in [0.2, 0.25) is 0 Å². The van der Waals surface area contributed by atoms with Gasteiger partial charge in [-0.1, -0.05) is 20.3 Å². The number of nitrogens with zero attached hydrogens (tertiary/aromatic N) is 2. The average Bonchev–Trinajstić information content (AvgIpc) is 2.90. The molecule has 2 saturated carbocycles. The van der Waals surface area contributed by atoms with Gasteiger partial charge in [0.05, 0.1) is 5.69 Å². The second-order valence-electron chi connectivity index (χ2n) is 6.66. The van der Waals surface area contributed by atoms with Gasteiger partial charge in [-0.3, -0.25) is 4.68 Å². The third-order valence-electron chi connectivity index (χ3n) is 5.16. The standard InChI is InChI=1S/C15H24N2/c1-4-5-12-10-13(17(3)16-12)15-8-6-14(2,11-15)7-9-15/h10H,4-9,11H2,1-3H3. The summed E-state index contributed by atoms with van der Waals surface area (Å²) in [4.78, 5) is 0. The molecule has 0 N–H and O–H groups in total. The fourth-order valence-electron chi connectivity index (χ4n) is 4.25. The first-order chi connectivity index (χ1) is 8.07. The second kappa shape index (κ2) is 3.60. The number of aryl methyl sites for hydroxylation is 2. The van der Waals surface area contributed by atoms with Crippen molar-refractivity contribution in [3.8, 4) is 0 Å². The van der Waals surface area contributed by atoms with Crippen LogP contribution in [-0.2, 0) is 18.9 Å². The van der Waals surface area contributed by atoms with Gasteiger partial charge in [0.1, 0.15) is 0 Å². The molecule has 0 saturated heterocycles. The maximum absolute atomic E-state index is 4.70. The molecule has 2 bridgehead atoms. The van der Waals surface area contributed by atoms with Crippen LogP contribution in [0.25, 0.3) is 0 Å². The van der Waals surface area contributed by atoms with E-state index in [9.17, 15) is 0 Å². The Morgan fingerprint density at radius 3 is 2.53 bits per heavy atom. The van der Waals surface area contributed by atoms with E-state index in [1.807, 2.05) is 0 Å². The van der Waals surface area contributed by atoms with E-state index in [1.165, 1.54) is 49.9 Å². The summed E-state index contributed by atoms with van der Waals surface area (Å²) in [5.41, 5.74) is 3.92. The quantitative estimate of drug-likeness (QED) is 0.778. The summed E-state index contributed by atoms with van der Waals surface area (Å²) in [6, 6.07) is 2.39. The molecule has 0 atom stereocenters. The number of rotatable bonds is 3. The molecule has 0 aromatic carbocycles. The largest absolute Gasteiger partial charge is 0.272 e. The van der Waals surface area contributed by atoms with Crippen LogP contribution in [0.2, 0.25) is 0 Å². The van der Waals surface area contributed by atoms with Crippen molar-refractivity contribution in [2.45, 2.75) is 64.2 Å². The minimum Gasteiger partial charge on any atom is -0.272 e. The molecule has 2 nitrogen and oxygen atoms in total. The Morgan fingerprint density at radius 1 is 1.29 bits per heavy atom. The lowest BCUT2D eigenvalue weighted by Crippen LogP contribution is -2.23. The van der Waals surface area contributed by atoms with E-state index < -0.39 is 0 Å². The van der Waals surface area contributed by atoms with Crippen molar-refractivity contribution in [2.75, 3.05) is 0 Å². The summed E-state index contributed by atoms with van der Waals surface area (Å²) in [6.45, 7) is 4.71. The molecular formula is C15H24N2. The van der Waals surface area contributed by atoms with Gasteiger partial charge < -0.3 is 0 Å². The van der Waals surface area contributed by atoms with E-state index in [2.05, 4.69) is 31.6 Å². The summed E-state index contributed by atoms with van der Waals surface area (Å²) in [5.74, 6) is 0. The highest BCUT2D eigenvalue weighted by atomic mass is 15.3. The van der Waals surface area contributed by atoms with Crippen LogP contribution in [0.3, 0.4) is 0 Å². The van der Waals surface area contributed by atoms with Crippen LogP contribution in [-0.4, -0.2) is 9.78 Å². The van der Waals surface area contributed by atoms with Gasteiger partial charge in [-0.2, -0.15) is 5.10 Å². The van der Waals surface area contributed by atoms with E-state index in [4.69, 9.17) is 5.10 Å². The van der Waals surface area contributed by atoms with Gasteiger partial charge in [0.25, 0.3) is 0 Å². The van der Waals surface area contributed by atoms with Crippen molar-refractivity contribution >= 4 is 0 Å². The van der Waals surface area contributed by atoms with Gasteiger partial charge >= 0.3 is 0 Å². The van der Waals surface area contributed by atoms with E-state index in [-0.39, 0.29) is 0 Å². The summed E-state index contributed by atoms with van der Waals surface area (Å²) in [5, 5.41) is 4.70. The molecule has 1 aromatic rings. The summed E-state index contributed by atoms with van der Waals surface area (Å²) in [6.07, 6.45) is 9.32. The first-order valence-electron chi connectivity index (χ1n) is 7.10. The van der Waals surface area contributed by atoms with Gasteiger partial charge in [0, 0.05) is 18.2 Å². The molecule has 2 heteroatoms. The molecule has 94 valence electrons. The zero-order valence-electron chi connectivity index (χ0n) is 11.4. The number of aromatic nitrogens is 2. The molecule has 0 unspecified atom stereocenters. The Hall–Kier alpha value is -0.790. The highest BCUT2D eigenvalue weighted by Gasteiger charge is 2.53. The van der Waals surface area contributed by atoms with E-state index in [0.29, 0.717) is 10.8 Å². The minimum absolute atomic E-state index is 0.475. The van der Waals surface area contributed by atoms with Crippen molar-refractivity contribution in [1.82, 2.24) is 9.78 Å². The molecule has 17 heavy (non-hydrogen) atoms. The fourth-order valence-corrected chi connectivity index (χ4v) is 4.25. The highest BCUT2D eigenvalue weighted by Crippen LogP contribution is 2.61. The lowest BCUT2D eigenvalue weighted by atomic mass is 9.80. The van der Waals surface area contributed by atoms with Crippen molar-refractivity contribution in [3.63, 3.8) is 0 Å². The lowest BCUT2D eigenvalue weighted by molar-refractivity contribution is 0.325. The fraction of sp³-hybridized carbons (Fsp3) is 0.800. The van der Waals surface area contributed by atoms with Crippen molar-refractivity contribution in [2.24, 2.45) is 12.5 Å². The molecule has 1 aromatic heterocycles. The van der Waals surface area contributed by atoms with Crippen LogP contribution in [0.15, 0.2) is 6.07 Å². The number of fused-ring (bicyclic) bond motifs is 2. The van der Waals surface area contributed by atoms with Crippen LogP contribution in [0.4, 0.5) is 0 Å². The van der Waals surface area contributed by atoms with E-state index in [1.54, 1.807) is 0 Å². The molecule has 0 amide bonds. The predicted octanol–water partition coefficient (Wildman–Crippen LogP) is 3.59. The smallest absolute Gasteiger partial charge is 0.0627 e. The van der Waals surface area contributed by atoms with E-state index >= 15 is 0 Å². The zero-order chi connectivity index (χ0) is 12.1. The molecule has 0 radical (unpaired) electrons. The van der Waals surface area contributed by atoms with Crippen molar-refractivity contribution in [1.29, 1.82) is 0 Å². The SMILES string of the molecule is CCCc1cc(C23CCC(C)(CC2)C3)n(C)n1. The summed E-state index contributed by atoms with van der Waals surface area (Å²) < 4.78 is 2.17. The monoisotopic (exact) mass is 232 g/mol. The Morgan fingerprint density at radius 2 is 2.00 bits per heavy atom. The van der Waals surface area contributed by atoms with Crippen molar-refractivity contribution < 1.29 is 0 Å². The van der Waals surface area contributed by atoms with Crippen LogP contribution in [0.1, 0.15) is 63.8 Å². The Bertz CT molecular complexity index is 422. The Balaban J connectivity index is 1.94. The molecule has 0 spiro atoms. The maximum atomic E-state index is 4.70. The second-order valence-corrected chi connectivity index (χ2v) is 6.66. The van der Waals surface area contributed by atoms with Crippen LogP contribution < -0.4 is 0 Å². The molecular weight excluding hydrogens is 208 g/mol. The summed E-state index contributed by atoms with van der Waals surface area (Å²) >= 11 is 0. The van der Waals surface area contributed by atoms with Crippen molar-refractivity contribution in [3.05, 3.63) is 17.5 Å². The molecule has 0 aliphatic heterocycles. The molecule has 3 rings (SSSR count). The third-order valence-corrected chi connectivity index (χ3v) is 5.16. The third kappa shape index (κ3) is 1.64. The average molecular weight is 232 g/mol. The first-order valence-corrected chi connectivity index (χ1v) is 7.10. The number of hydrogen-bond acceptors (Lipinski definition) is 1. The van der Waals surface area contributed by atoms with Gasteiger partial charge in [0.15, 0.2) is 0 Å². The van der Waals surface area contributed by atoms with Gasteiger partial charge in [-0.05, 0) is 50.0 Å². The first kappa shape index (κ1) is 11.3. The number of hydrogen-bond donors (Lipinski definition) is 0.